The Morgan fingerprint density at radius 3 is 3.00 bits per heavy atom. The van der Waals surface area contributed by atoms with Crippen molar-refractivity contribution < 1.29 is 0 Å². The molecule has 1 aliphatic heterocycles. The number of imidazole rings is 1. The Kier molecular flexibility index (Phi) is 2.12. The third-order valence-electron chi connectivity index (χ3n) is 3.57. The zero-order valence-electron chi connectivity index (χ0n) is 10.7. The lowest BCUT2D eigenvalue weighted by Crippen LogP contribution is -1.90. The quantitative estimate of drug-likeness (QED) is 0.698. The Bertz CT molecular complexity index is 773. The summed E-state index contributed by atoms with van der Waals surface area (Å²) in [5.74, 6) is 0.891. The average molecular weight is 250 g/mol. The molecule has 4 nitrogen and oxygen atoms in total. The first-order valence-electron chi connectivity index (χ1n) is 6.50. The minimum Gasteiger partial charge on any atom is -0.384 e. The molecule has 1 aromatic carbocycles. The molecule has 0 fully saturated rings. The minimum atomic E-state index is 0.786. The van der Waals surface area contributed by atoms with Crippen molar-refractivity contribution in [3.63, 3.8) is 0 Å². The highest BCUT2D eigenvalue weighted by atomic mass is 15.0. The van der Waals surface area contributed by atoms with Crippen molar-refractivity contribution in [1.82, 2.24) is 15.0 Å². The molecule has 0 unspecified atom stereocenters. The van der Waals surface area contributed by atoms with E-state index in [1.54, 1.807) is 0 Å². The Labute approximate surface area is 110 Å². The number of aromatic nitrogens is 3. The largest absolute Gasteiger partial charge is 0.384 e. The average Bonchev–Trinajstić information content (AvgIpc) is 3.02. The summed E-state index contributed by atoms with van der Waals surface area (Å²) < 4.78 is 0. The van der Waals surface area contributed by atoms with Gasteiger partial charge in [0.2, 0.25) is 0 Å². The highest BCUT2D eigenvalue weighted by Crippen LogP contribution is 2.28. The molecule has 4 heteroatoms. The topological polar surface area (TPSA) is 53.6 Å². The van der Waals surface area contributed by atoms with Crippen molar-refractivity contribution in [1.29, 1.82) is 0 Å². The van der Waals surface area contributed by atoms with Gasteiger partial charge in [0.25, 0.3) is 0 Å². The third kappa shape index (κ3) is 1.68. The number of benzene rings is 1. The second kappa shape index (κ2) is 3.82. The monoisotopic (exact) mass is 250 g/mol. The Balaban J connectivity index is 1.85. The van der Waals surface area contributed by atoms with Crippen LogP contribution in [0.3, 0.4) is 0 Å². The van der Waals surface area contributed by atoms with Crippen LogP contribution in [0.25, 0.3) is 22.6 Å². The van der Waals surface area contributed by atoms with E-state index in [1.165, 1.54) is 11.3 Å². The standard InChI is InChI=1S/C15H14N4/c1-9-2-4-13-15(17-9)19-14(18-13)11-3-5-12-10(8-11)6-7-16-12/h2-5,8,16H,6-7H2,1H3,(H,17,18,19). The molecule has 0 radical (unpaired) electrons. The zero-order chi connectivity index (χ0) is 12.8. The number of pyridine rings is 1. The zero-order valence-corrected chi connectivity index (χ0v) is 10.7. The summed E-state index contributed by atoms with van der Waals surface area (Å²) in [7, 11) is 0. The van der Waals surface area contributed by atoms with Crippen LogP contribution < -0.4 is 5.32 Å². The van der Waals surface area contributed by atoms with Gasteiger partial charge in [-0.25, -0.2) is 9.97 Å². The minimum absolute atomic E-state index is 0.786. The number of rotatable bonds is 1. The van der Waals surface area contributed by atoms with E-state index in [4.69, 9.17) is 0 Å². The number of hydrogen-bond donors (Lipinski definition) is 2. The first-order chi connectivity index (χ1) is 9.29. The van der Waals surface area contributed by atoms with Gasteiger partial charge in [-0.2, -0.15) is 0 Å². The van der Waals surface area contributed by atoms with E-state index in [1.807, 2.05) is 19.1 Å². The fourth-order valence-electron chi connectivity index (χ4n) is 2.58. The molecule has 3 heterocycles. The maximum absolute atomic E-state index is 4.58. The molecule has 19 heavy (non-hydrogen) atoms. The molecule has 2 N–H and O–H groups in total. The molecule has 0 atom stereocenters. The molecule has 4 rings (SSSR count). The number of aromatic amines is 1. The van der Waals surface area contributed by atoms with Crippen molar-refractivity contribution in [2.45, 2.75) is 13.3 Å². The van der Waals surface area contributed by atoms with Crippen LogP contribution in [0.2, 0.25) is 0 Å². The van der Waals surface area contributed by atoms with E-state index < -0.39 is 0 Å². The van der Waals surface area contributed by atoms with Crippen LogP contribution in [-0.4, -0.2) is 21.5 Å². The molecule has 0 bridgehead atoms. The van der Waals surface area contributed by atoms with Crippen LogP contribution in [0.1, 0.15) is 11.3 Å². The van der Waals surface area contributed by atoms with Gasteiger partial charge in [-0.1, -0.05) is 0 Å². The molecule has 0 saturated carbocycles. The van der Waals surface area contributed by atoms with Gasteiger partial charge in [0.05, 0.1) is 5.52 Å². The first kappa shape index (κ1) is 10.6. The summed E-state index contributed by atoms with van der Waals surface area (Å²) >= 11 is 0. The van der Waals surface area contributed by atoms with Gasteiger partial charge in [-0.15, -0.1) is 0 Å². The second-order valence-electron chi connectivity index (χ2n) is 4.96. The van der Waals surface area contributed by atoms with Gasteiger partial charge < -0.3 is 10.3 Å². The van der Waals surface area contributed by atoms with E-state index in [0.717, 1.165) is 41.2 Å². The van der Waals surface area contributed by atoms with Gasteiger partial charge in [0, 0.05) is 23.5 Å². The first-order valence-corrected chi connectivity index (χ1v) is 6.50. The molecular weight excluding hydrogens is 236 g/mol. The van der Waals surface area contributed by atoms with Crippen molar-refractivity contribution >= 4 is 16.9 Å². The van der Waals surface area contributed by atoms with Crippen molar-refractivity contribution in [2.75, 3.05) is 11.9 Å². The summed E-state index contributed by atoms with van der Waals surface area (Å²) in [6.07, 6.45) is 1.08. The van der Waals surface area contributed by atoms with E-state index in [2.05, 4.69) is 38.5 Å². The van der Waals surface area contributed by atoms with Crippen LogP contribution in [0.15, 0.2) is 30.3 Å². The lowest BCUT2D eigenvalue weighted by atomic mass is 10.1. The summed E-state index contributed by atoms with van der Waals surface area (Å²) in [4.78, 5) is 12.4. The lowest BCUT2D eigenvalue weighted by Gasteiger charge is -2.01. The summed E-state index contributed by atoms with van der Waals surface area (Å²) in [5.41, 5.74) is 6.49. The van der Waals surface area contributed by atoms with Gasteiger partial charge >= 0.3 is 0 Å². The maximum Gasteiger partial charge on any atom is 0.178 e. The van der Waals surface area contributed by atoms with Crippen LogP contribution in [0.5, 0.6) is 0 Å². The number of anilines is 1. The molecule has 3 aromatic rings. The van der Waals surface area contributed by atoms with Gasteiger partial charge in [-0.3, -0.25) is 0 Å². The Morgan fingerprint density at radius 2 is 2.05 bits per heavy atom. The summed E-state index contributed by atoms with van der Waals surface area (Å²) in [6.45, 7) is 3.01. The highest BCUT2D eigenvalue weighted by molar-refractivity contribution is 5.77. The number of nitrogens with zero attached hydrogens (tertiary/aromatic N) is 2. The molecular formula is C15H14N4. The molecule has 0 spiro atoms. The number of H-pyrrole nitrogens is 1. The van der Waals surface area contributed by atoms with Crippen LogP contribution in [0.4, 0.5) is 5.69 Å². The van der Waals surface area contributed by atoms with E-state index in [-0.39, 0.29) is 0 Å². The fourth-order valence-corrected chi connectivity index (χ4v) is 2.58. The molecule has 0 amide bonds. The lowest BCUT2D eigenvalue weighted by molar-refractivity contribution is 1.11. The fraction of sp³-hybridized carbons (Fsp3) is 0.200. The number of aryl methyl sites for hydroxylation is 1. The maximum atomic E-state index is 4.58. The normalized spacial score (nSPS) is 13.5. The van der Waals surface area contributed by atoms with Crippen LogP contribution in [0, 0.1) is 6.92 Å². The Hall–Kier alpha value is -2.36. The highest BCUT2D eigenvalue weighted by Gasteiger charge is 2.12. The smallest absolute Gasteiger partial charge is 0.178 e. The summed E-state index contributed by atoms with van der Waals surface area (Å²) in [5, 5.41) is 3.37. The Morgan fingerprint density at radius 1 is 1.11 bits per heavy atom. The third-order valence-corrected chi connectivity index (χ3v) is 3.57. The van der Waals surface area contributed by atoms with Crippen molar-refractivity contribution in [2.24, 2.45) is 0 Å². The number of nitrogens with one attached hydrogen (secondary N) is 2. The van der Waals surface area contributed by atoms with Gasteiger partial charge in [-0.05, 0) is 49.2 Å². The number of hydrogen-bond acceptors (Lipinski definition) is 3. The van der Waals surface area contributed by atoms with E-state index in [9.17, 15) is 0 Å². The van der Waals surface area contributed by atoms with Gasteiger partial charge in [0.1, 0.15) is 5.82 Å². The number of fused-ring (bicyclic) bond motifs is 2. The molecule has 2 aromatic heterocycles. The predicted octanol–water partition coefficient (Wildman–Crippen LogP) is 2.90. The molecule has 0 aliphatic carbocycles. The SMILES string of the molecule is Cc1ccc2[nH]c(-c3ccc4c(c3)CCN4)nc2n1. The van der Waals surface area contributed by atoms with Gasteiger partial charge in [0.15, 0.2) is 5.65 Å². The van der Waals surface area contributed by atoms with Crippen molar-refractivity contribution in [3.8, 4) is 11.4 Å². The molecule has 94 valence electrons. The molecule has 0 saturated heterocycles. The van der Waals surface area contributed by atoms with Crippen LogP contribution in [-0.2, 0) is 6.42 Å². The second-order valence-corrected chi connectivity index (χ2v) is 4.96. The molecule has 1 aliphatic rings. The van der Waals surface area contributed by atoms with E-state index in [0.29, 0.717) is 0 Å². The van der Waals surface area contributed by atoms with Crippen molar-refractivity contribution in [3.05, 3.63) is 41.6 Å². The predicted molar refractivity (Wildman–Crippen MR) is 76.3 cm³/mol. The van der Waals surface area contributed by atoms with E-state index >= 15 is 0 Å². The van der Waals surface area contributed by atoms with Crippen LogP contribution >= 0.6 is 0 Å². The summed E-state index contributed by atoms with van der Waals surface area (Å²) in [6, 6.07) is 10.5.